The number of carbonyl (C=O) groups excluding carboxylic acids is 2. The number of anilines is 1. The molecule has 2 amide bonds. The number of ether oxygens (including phenoxy) is 1. The molecule has 2 heterocycles. The molecular weight excluding hydrogens is 457 g/mol. The van der Waals surface area contributed by atoms with Gasteiger partial charge in [0.2, 0.25) is 11.8 Å². The summed E-state index contributed by atoms with van der Waals surface area (Å²) in [5.74, 6) is -0.00580. The van der Waals surface area contributed by atoms with E-state index in [4.69, 9.17) is 16.3 Å². The summed E-state index contributed by atoms with van der Waals surface area (Å²) in [4.78, 5) is 29.1. The van der Waals surface area contributed by atoms with Crippen LogP contribution in [0.1, 0.15) is 37.8 Å². The Morgan fingerprint density at radius 2 is 1.85 bits per heavy atom. The van der Waals surface area contributed by atoms with E-state index in [0.717, 1.165) is 38.0 Å². The molecule has 8 heteroatoms. The van der Waals surface area contributed by atoms with Gasteiger partial charge in [-0.3, -0.25) is 14.5 Å². The van der Waals surface area contributed by atoms with Crippen molar-refractivity contribution in [3.8, 4) is 5.75 Å². The highest BCUT2D eigenvalue weighted by atomic mass is 35.5. The van der Waals surface area contributed by atoms with Crippen LogP contribution in [0, 0.1) is 5.82 Å². The van der Waals surface area contributed by atoms with Crippen molar-refractivity contribution < 1.29 is 18.7 Å². The lowest BCUT2D eigenvalue weighted by atomic mass is 10.1. The maximum atomic E-state index is 13.2. The molecule has 2 atom stereocenters. The van der Waals surface area contributed by atoms with Crippen LogP contribution in [-0.2, 0) is 16.1 Å². The van der Waals surface area contributed by atoms with E-state index in [2.05, 4.69) is 10.2 Å². The maximum Gasteiger partial charge on any atom is 0.247 e. The number of fused-ring (bicyclic) bond motifs is 2. The molecule has 1 N–H and O–H groups in total. The first kappa shape index (κ1) is 24.2. The number of piperazine rings is 1. The van der Waals surface area contributed by atoms with E-state index in [1.807, 2.05) is 24.0 Å². The van der Waals surface area contributed by atoms with E-state index in [0.29, 0.717) is 28.6 Å². The van der Waals surface area contributed by atoms with Gasteiger partial charge >= 0.3 is 0 Å². The van der Waals surface area contributed by atoms with Crippen molar-refractivity contribution in [2.24, 2.45) is 0 Å². The van der Waals surface area contributed by atoms with Crippen LogP contribution in [0.2, 0.25) is 5.02 Å². The number of carbonyl (C=O) groups is 2. The monoisotopic (exact) mass is 485 g/mol. The molecule has 4 rings (SSSR count). The summed E-state index contributed by atoms with van der Waals surface area (Å²) in [6, 6.07) is 10.3. The predicted molar refractivity (Wildman–Crippen MR) is 131 cm³/mol. The molecule has 34 heavy (non-hydrogen) atoms. The summed E-state index contributed by atoms with van der Waals surface area (Å²) in [6.07, 6.45) is 5.20. The highest BCUT2D eigenvalue weighted by Crippen LogP contribution is 2.34. The molecule has 2 fully saturated rings. The molecule has 2 saturated heterocycles. The van der Waals surface area contributed by atoms with Gasteiger partial charge in [0.1, 0.15) is 11.6 Å². The van der Waals surface area contributed by atoms with Crippen LogP contribution in [-0.4, -0.2) is 53.4 Å². The molecule has 0 radical (unpaired) electrons. The van der Waals surface area contributed by atoms with Gasteiger partial charge in [0.15, 0.2) is 0 Å². The highest BCUT2D eigenvalue weighted by Gasteiger charge is 2.41. The second-order valence-corrected chi connectivity index (χ2v) is 9.18. The third-order valence-corrected chi connectivity index (χ3v) is 6.55. The smallest absolute Gasteiger partial charge is 0.247 e. The molecule has 0 saturated carbocycles. The number of nitrogens with one attached hydrogen (secondary N) is 1. The Balaban J connectivity index is 1.47. The Labute approximate surface area is 204 Å². The SMILES string of the molecule is CCOc1cc(C=CC(=O)N2C3CCC2CN(Cc2ccc(F)cc2)C3)c(NC(C)=O)cc1Cl. The Bertz CT molecular complexity index is 1080. The van der Waals surface area contributed by atoms with Gasteiger partial charge in [-0.2, -0.15) is 0 Å². The zero-order valence-corrected chi connectivity index (χ0v) is 20.1. The average molecular weight is 486 g/mol. The van der Waals surface area contributed by atoms with Gasteiger partial charge in [-0.15, -0.1) is 0 Å². The minimum atomic E-state index is -0.234. The highest BCUT2D eigenvalue weighted by molar-refractivity contribution is 6.32. The first-order valence-corrected chi connectivity index (χ1v) is 11.9. The number of hydrogen-bond donors (Lipinski definition) is 1. The van der Waals surface area contributed by atoms with E-state index in [1.165, 1.54) is 19.1 Å². The summed E-state index contributed by atoms with van der Waals surface area (Å²) < 4.78 is 18.8. The normalized spacial score (nSPS) is 20.1. The van der Waals surface area contributed by atoms with Gasteiger partial charge < -0.3 is 15.0 Å². The van der Waals surface area contributed by atoms with E-state index < -0.39 is 0 Å². The molecule has 180 valence electrons. The molecule has 2 aromatic rings. The number of amides is 2. The number of halogens is 2. The van der Waals surface area contributed by atoms with Crippen LogP contribution in [0.5, 0.6) is 5.75 Å². The van der Waals surface area contributed by atoms with Gasteiger partial charge in [0, 0.05) is 56.0 Å². The maximum absolute atomic E-state index is 13.2. The van der Waals surface area contributed by atoms with Gasteiger partial charge in [0.05, 0.1) is 11.6 Å². The summed E-state index contributed by atoms with van der Waals surface area (Å²) in [5.41, 5.74) is 2.24. The Hall–Kier alpha value is -2.90. The first-order chi connectivity index (χ1) is 16.3. The average Bonchev–Trinajstić information content (AvgIpc) is 3.06. The van der Waals surface area contributed by atoms with Crippen molar-refractivity contribution in [1.82, 2.24) is 9.80 Å². The molecule has 0 aliphatic carbocycles. The predicted octanol–water partition coefficient (Wildman–Crippen LogP) is 4.72. The molecule has 2 unspecified atom stereocenters. The standard InChI is InChI=1S/C26H29ClFN3O3/c1-3-34-25-12-19(24(13-23(25)27)29-17(2)32)6-11-26(33)31-21-9-10-22(31)16-30(15-21)14-18-4-7-20(28)8-5-18/h4-8,11-13,21-22H,3,9-10,14-16H2,1-2H3,(H,29,32). The molecule has 0 aromatic heterocycles. The summed E-state index contributed by atoms with van der Waals surface area (Å²) in [6.45, 7) is 6.07. The lowest BCUT2D eigenvalue weighted by molar-refractivity contribution is -0.131. The van der Waals surface area contributed by atoms with Crippen molar-refractivity contribution in [3.05, 3.63) is 64.4 Å². The fraction of sp³-hybridized carbons (Fsp3) is 0.385. The minimum absolute atomic E-state index is 0.0457. The van der Waals surface area contributed by atoms with Crippen LogP contribution in [0.4, 0.5) is 10.1 Å². The number of benzene rings is 2. The molecule has 2 aromatic carbocycles. The van der Waals surface area contributed by atoms with Gasteiger partial charge in [-0.05, 0) is 55.7 Å². The van der Waals surface area contributed by atoms with Gasteiger partial charge in [-0.25, -0.2) is 4.39 Å². The second-order valence-electron chi connectivity index (χ2n) is 8.77. The van der Waals surface area contributed by atoms with Crippen LogP contribution >= 0.6 is 11.6 Å². The molecule has 2 bridgehead atoms. The van der Waals surface area contributed by atoms with Crippen LogP contribution in [0.3, 0.4) is 0 Å². The molecule has 2 aliphatic heterocycles. The number of nitrogens with zero attached hydrogens (tertiary/aromatic N) is 2. The van der Waals surface area contributed by atoms with E-state index in [1.54, 1.807) is 24.3 Å². The van der Waals surface area contributed by atoms with Gasteiger partial charge in [-0.1, -0.05) is 23.7 Å². The number of likely N-dealkylation sites (tertiary alicyclic amines) is 1. The van der Waals surface area contributed by atoms with Crippen molar-refractivity contribution >= 4 is 35.2 Å². The summed E-state index contributed by atoms with van der Waals surface area (Å²) in [5, 5.41) is 3.16. The van der Waals surface area contributed by atoms with Gasteiger partial charge in [0.25, 0.3) is 0 Å². The molecular formula is C26H29ClFN3O3. The van der Waals surface area contributed by atoms with E-state index >= 15 is 0 Å². The van der Waals surface area contributed by atoms with Crippen molar-refractivity contribution in [2.45, 2.75) is 45.3 Å². The van der Waals surface area contributed by atoms with E-state index in [-0.39, 0.29) is 29.7 Å². The molecule has 0 spiro atoms. The van der Waals surface area contributed by atoms with Crippen molar-refractivity contribution in [3.63, 3.8) is 0 Å². The third-order valence-electron chi connectivity index (χ3n) is 6.25. The lowest BCUT2D eigenvalue weighted by Crippen LogP contribution is -2.55. The van der Waals surface area contributed by atoms with E-state index in [9.17, 15) is 14.0 Å². The molecule has 2 aliphatic rings. The fourth-order valence-electron chi connectivity index (χ4n) is 4.85. The number of hydrogen-bond acceptors (Lipinski definition) is 4. The Kier molecular flexibility index (Phi) is 7.54. The number of rotatable bonds is 7. The third kappa shape index (κ3) is 5.59. The van der Waals surface area contributed by atoms with Crippen molar-refractivity contribution in [1.29, 1.82) is 0 Å². The quantitative estimate of drug-likeness (QED) is 0.576. The fourth-order valence-corrected chi connectivity index (χ4v) is 5.06. The zero-order chi connectivity index (χ0) is 24.2. The van der Waals surface area contributed by atoms with Crippen LogP contribution in [0.15, 0.2) is 42.5 Å². The second kappa shape index (κ2) is 10.6. The Morgan fingerprint density at radius 1 is 1.18 bits per heavy atom. The lowest BCUT2D eigenvalue weighted by Gasteiger charge is -2.40. The molecule has 6 nitrogen and oxygen atoms in total. The topological polar surface area (TPSA) is 61.9 Å². The van der Waals surface area contributed by atoms with Crippen molar-refractivity contribution in [2.75, 3.05) is 25.0 Å². The zero-order valence-electron chi connectivity index (χ0n) is 19.4. The first-order valence-electron chi connectivity index (χ1n) is 11.5. The summed E-state index contributed by atoms with van der Waals surface area (Å²) >= 11 is 6.28. The summed E-state index contributed by atoms with van der Waals surface area (Å²) in [7, 11) is 0. The van der Waals surface area contributed by atoms with Crippen LogP contribution in [0.25, 0.3) is 6.08 Å². The minimum Gasteiger partial charge on any atom is -0.492 e. The van der Waals surface area contributed by atoms with Crippen LogP contribution < -0.4 is 10.1 Å². The largest absolute Gasteiger partial charge is 0.492 e. The Morgan fingerprint density at radius 3 is 2.47 bits per heavy atom.